The van der Waals surface area contributed by atoms with Gasteiger partial charge in [0.05, 0.1) is 23.8 Å². The summed E-state index contributed by atoms with van der Waals surface area (Å²) in [4.78, 5) is 34.9. The van der Waals surface area contributed by atoms with Crippen LogP contribution >= 0.6 is 67.8 Å². The van der Waals surface area contributed by atoms with Crippen LogP contribution in [0, 0.1) is 10.7 Å². The Morgan fingerprint density at radius 2 is 1.62 bits per heavy atom. The molecule has 0 amide bonds. The van der Waals surface area contributed by atoms with Crippen LogP contribution in [0.1, 0.15) is 11.1 Å². The van der Waals surface area contributed by atoms with Gasteiger partial charge in [-0.25, -0.2) is 0 Å². The van der Waals surface area contributed by atoms with Gasteiger partial charge in [-0.3, -0.25) is 19.3 Å². The normalized spacial score (nSPS) is 11.9. The largest absolute Gasteiger partial charge is 0.507 e. The van der Waals surface area contributed by atoms with Crippen LogP contribution in [0.3, 0.4) is 0 Å². The van der Waals surface area contributed by atoms with Crippen molar-refractivity contribution >= 4 is 85.7 Å². The average Bonchev–Trinajstić information content (AvgIpc) is 2.72. The molecule has 0 aliphatic heterocycles. The highest BCUT2D eigenvalue weighted by Crippen LogP contribution is 2.37. The van der Waals surface area contributed by atoms with Crippen LogP contribution < -0.4 is 10.5 Å². The molecule has 10 nitrogen and oxygen atoms in total. The third kappa shape index (κ3) is 8.35. The van der Waals surface area contributed by atoms with Gasteiger partial charge in [-0.15, -0.1) is 0 Å². The lowest BCUT2D eigenvalue weighted by Crippen LogP contribution is -2.36. The first-order chi connectivity index (χ1) is 15.9. The summed E-state index contributed by atoms with van der Waals surface area (Å²) in [5.74, 6) is -2.36. The van der Waals surface area contributed by atoms with Gasteiger partial charge in [0.2, 0.25) is 0 Å². The summed E-state index contributed by atoms with van der Waals surface area (Å²) >= 11 is 6.12. The van der Waals surface area contributed by atoms with Crippen molar-refractivity contribution in [3.63, 3.8) is 0 Å². The Labute approximate surface area is 235 Å². The summed E-state index contributed by atoms with van der Waals surface area (Å²) in [6, 6.07) is 5.40. The molecule has 0 aliphatic rings. The number of ether oxygens (including phenoxy) is 1. The fraction of sp³-hybridized carbons (Fsp3) is 0.286. The molecule has 2 aromatic carbocycles. The van der Waals surface area contributed by atoms with Crippen LogP contribution in [0.15, 0.2) is 24.3 Å². The molecule has 0 aliphatic carbocycles. The van der Waals surface area contributed by atoms with E-state index in [1.807, 2.05) is 22.6 Å². The second kappa shape index (κ2) is 13.0. The fourth-order valence-corrected chi connectivity index (χ4v) is 5.87. The molecule has 34 heavy (non-hydrogen) atoms. The van der Waals surface area contributed by atoms with Crippen molar-refractivity contribution in [1.29, 1.82) is 0 Å². The Balaban J connectivity index is 2.46. The Hall–Kier alpha value is -1.44. The zero-order valence-electron chi connectivity index (χ0n) is 17.5. The number of aliphatic carboxylic acids is 3. The van der Waals surface area contributed by atoms with Crippen LogP contribution in [0.25, 0.3) is 0 Å². The molecule has 2 aromatic rings. The molecule has 0 radical (unpaired) electrons. The van der Waals surface area contributed by atoms with Gasteiger partial charge in [0.25, 0.3) is 0 Å². The number of nitrogens with two attached hydrogens (primary N) is 1. The average molecular weight is 810 g/mol. The van der Waals surface area contributed by atoms with Crippen LogP contribution in [0.4, 0.5) is 0 Å². The third-order valence-electron chi connectivity index (χ3n) is 4.66. The number of benzene rings is 2. The monoisotopic (exact) mass is 810 g/mol. The molecular formula is C21H21I3N2O8. The maximum atomic E-state index is 11.3. The molecule has 0 saturated heterocycles. The quantitative estimate of drug-likeness (QED) is 0.201. The molecule has 13 heteroatoms. The van der Waals surface area contributed by atoms with Crippen LogP contribution in [0.2, 0.25) is 0 Å². The van der Waals surface area contributed by atoms with Gasteiger partial charge in [-0.2, -0.15) is 0 Å². The van der Waals surface area contributed by atoms with Crippen molar-refractivity contribution in [1.82, 2.24) is 4.90 Å². The van der Waals surface area contributed by atoms with E-state index >= 15 is 0 Å². The van der Waals surface area contributed by atoms with Crippen molar-refractivity contribution in [2.24, 2.45) is 5.73 Å². The maximum Gasteiger partial charge on any atom is 0.320 e. The lowest BCUT2D eigenvalue weighted by molar-refractivity contribution is -0.142. The van der Waals surface area contributed by atoms with E-state index in [0.717, 1.165) is 0 Å². The smallest absolute Gasteiger partial charge is 0.320 e. The van der Waals surface area contributed by atoms with Gasteiger partial charge in [-0.05, 0) is 116 Å². The van der Waals surface area contributed by atoms with E-state index in [2.05, 4.69) is 45.2 Å². The van der Waals surface area contributed by atoms with Gasteiger partial charge in [0.15, 0.2) is 5.75 Å². The van der Waals surface area contributed by atoms with Crippen molar-refractivity contribution in [2.45, 2.75) is 18.9 Å². The highest BCUT2D eigenvalue weighted by atomic mass is 127. The van der Waals surface area contributed by atoms with Crippen molar-refractivity contribution in [3.05, 3.63) is 46.1 Å². The summed E-state index contributed by atoms with van der Waals surface area (Å²) < 4.78 is 8.05. The number of aromatic hydroxyl groups is 1. The van der Waals surface area contributed by atoms with Crippen LogP contribution in [0.5, 0.6) is 17.2 Å². The Morgan fingerprint density at radius 1 is 1.00 bits per heavy atom. The topological polar surface area (TPSA) is 171 Å². The van der Waals surface area contributed by atoms with E-state index < -0.39 is 37.0 Å². The maximum absolute atomic E-state index is 11.3. The number of carbonyl (C=O) groups is 3. The number of phenolic OH excluding ortho intramolecular Hbond substituents is 1. The highest BCUT2D eigenvalue weighted by molar-refractivity contribution is 14.1. The zero-order chi connectivity index (χ0) is 25.6. The minimum absolute atomic E-state index is 0.0336. The second-order valence-corrected chi connectivity index (χ2v) is 10.7. The van der Waals surface area contributed by atoms with Gasteiger partial charge < -0.3 is 30.9 Å². The number of phenols is 1. The molecule has 0 bridgehead atoms. The summed E-state index contributed by atoms with van der Waals surface area (Å²) in [6.45, 7) is -0.792. The van der Waals surface area contributed by atoms with Gasteiger partial charge in [0, 0.05) is 6.54 Å². The standard InChI is InChI=1S/C21H21I3N2O8/c22-13-7-11(1-2-16(13)27)34-20-14(23)5-10(6-15(25)21(32)33)12(19(20)24)3-4-26(8-17(28)29)9-18(30)31/h1-2,5,7,15,27H,3-4,6,8-9,25H2,(H,28,29)(H,30,31)(H,32,33)/t15-/m0/s1. The molecule has 0 unspecified atom stereocenters. The number of carboxylic acid groups (broad SMARTS) is 3. The number of hydrogen-bond acceptors (Lipinski definition) is 7. The molecule has 0 spiro atoms. The summed E-state index contributed by atoms with van der Waals surface area (Å²) in [5.41, 5.74) is 7.12. The molecule has 1 atom stereocenters. The fourth-order valence-electron chi connectivity index (χ4n) is 3.09. The van der Waals surface area contributed by atoms with Gasteiger partial charge in [-0.1, -0.05) is 0 Å². The van der Waals surface area contributed by atoms with Gasteiger partial charge in [0.1, 0.15) is 17.5 Å². The molecule has 184 valence electrons. The molecule has 0 heterocycles. The minimum Gasteiger partial charge on any atom is -0.507 e. The van der Waals surface area contributed by atoms with E-state index in [0.29, 0.717) is 33.3 Å². The molecule has 0 saturated carbocycles. The molecule has 0 fully saturated rings. The zero-order valence-corrected chi connectivity index (χ0v) is 24.0. The molecule has 2 rings (SSSR count). The summed E-state index contributed by atoms with van der Waals surface area (Å²) in [5, 5.41) is 37.3. The first-order valence-corrected chi connectivity index (χ1v) is 12.9. The lowest BCUT2D eigenvalue weighted by Gasteiger charge is -2.22. The third-order valence-corrected chi connectivity index (χ3v) is 7.47. The Bertz CT molecular complexity index is 1080. The predicted octanol–water partition coefficient (Wildman–Crippen LogP) is 2.97. The van der Waals surface area contributed by atoms with Crippen molar-refractivity contribution in [3.8, 4) is 17.2 Å². The number of rotatable bonds is 12. The minimum atomic E-state index is -1.16. The van der Waals surface area contributed by atoms with E-state index in [9.17, 15) is 24.6 Å². The van der Waals surface area contributed by atoms with E-state index in [4.69, 9.17) is 20.7 Å². The summed E-state index contributed by atoms with van der Waals surface area (Å²) in [7, 11) is 0. The van der Waals surface area contributed by atoms with Gasteiger partial charge >= 0.3 is 17.9 Å². The number of halogens is 3. The lowest BCUT2D eigenvalue weighted by atomic mass is 9.97. The first kappa shape index (κ1) is 28.8. The molecule has 0 aromatic heterocycles. The van der Waals surface area contributed by atoms with Crippen LogP contribution in [-0.4, -0.2) is 68.9 Å². The SMILES string of the molecule is N[C@@H](Cc1cc(I)c(Oc2ccc(O)c(I)c2)c(I)c1CCN(CC(=O)O)CC(=O)O)C(=O)O. The predicted molar refractivity (Wildman–Crippen MR) is 148 cm³/mol. The number of carboxylic acids is 3. The van der Waals surface area contributed by atoms with Crippen molar-refractivity contribution in [2.75, 3.05) is 19.6 Å². The Kier molecular flexibility index (Phi) is 11.0. The first-order valence-electron chi connectivity index (χ1n) is 9.69. The van der Waals surface area contributed by atoms with E-state index in [-0.39, 0.29) is 25.1 Å². The second-order valence-electron chi connectivity index (χ2n) is 7.25. The van der Waals surface area contributed by atoms with E-state index in [1.165, 1.54) is 11.0 Å². The van der Waals surface area contributed by atoms with Crippen LogP contribution in [-0.2, 0) is 27.2 Å². The highest BCUT2D eigenvalue weighted by Gasteiger charge is 2.23. The van der Waals surface area contributed by atoms with Crippen molar-refractivity contribution < 1.29 is 39.5 Å². The Morgan fingerprint density at radius 3 is 2.15 bits per heavy atom. The summed E-state index contributed by atoms with van der Waals surface area (Å²) in [6.07, 6.45) is 0.285. The van der Waals surface area contributed by atoms with E-state index in [1.54, 1.807) is 18.2 Å². The molecular weight excluding hydrogens is 789 g/mol. The number of hydrogen-bond donors (Lipinski definition) is 5. The molecule has 6 N–H and O–H groups in total. The number of nitrogens with zero attached hydrogens (tertiary/aromatic N) is 1.